The van der Waals surface area contributed by atoms with E-state index < -0.39 is 9.05 Å². The molecule has 0 fully saturated rings. The van der Waals surface area contributed by atoms with Crippen LogP contribution in [0, 0.1) is 3.57 Å². The Kier molecular flexibility index (Phi) is 4.77. The van der Waals surface area contributed by atoms with Gasteiger partial charge in [0.05, 0.1) is 0 Å². The van der Waals surface area contributed by atoms with E-state index in [0.29, 0.717) is 5.82 Å². The van der Waals surface area contributed by atoms with Crippen molar-refractivity contribution < 1.29 is 8.42 Å². The first kappa shape index (κ1) is 16.2. The van der Waals surface area contributed by atoms with Crippen LogP contribution in [-0.4, -0.2) is 23.2 Å². The van der Waals surface area contributed by atoms with E-state index in [2.05, 4.69) is 48.7 Å². The van der Waals surface area contributed by atoms with Crippen molar-refractivity contribution in [3.63, 3.8) is 0 Å². The monoisotopic (exact) mass is 489 g/mol. The van der Waals surface area contributed by atoms with Crippen LogP contribution in [0.2, 0.25) is 0 Å². The lowest BCUT2D eigenvalue weighted by molar-refractivity contribution is 0.530. The fourth-order valence-electron chi connectivity index (χ4n) is 1.76. The summed E-state index contributed by atoms with van der Waals surface area (Å²) in [4.78, 5) is 0. The summed E-state index contributed by atoms with van der Waals surface area (Å²) in [6.45, 7) is 3.70. The quantitative estimate of drug-likeness (QED) is 0.485. The summed E-state index contributed by atoms with van der Waals surface area (Å²) in [6.07, 6.45) is 0. The molecule has 0 spiro atoms. The summed E-state index contributed by atoms with van der Waals surface area (Å²) in [5, 5.41) is 7.49. The zero-order chi connectivity index (χ0) is 15.1. The first-order valence-electron chi connectivity index (χ1n) is 5.57. The lowest BCUT2D eigenvalue weighted by Gasteiger charge is -2.13. The molecule has 0 radical (unpaired) electrons. The maximum atomic E-state index is 11.6. The van der Waals surface area contributed by atoms with E-state index >= 15 is 0 Å². The molecule has 0 N–H and O–H groups in total. The Morgan fingerprint density at radius 1 is 1.35 bits per heavy atom. The third kappa shape index (κ3) is 3.18. The summed E-state index contributed by atoms with van der Waals surface area (Å²) in [6, 6.07) is 5.54. The smallest absolute Gasteiger partial charge is 0.294 e. The second-order valence-electron chi connectivity index (χ2n) is 4.33. The van der Waals surface area contributed by atoms with Crippen molar-refractivity contribution in [2.24, 2.45) is 0 Å². The third-order valence-corrected chi connectivity index (χ3v) is 5.13. The van der Waals surface area contributed by atoms with Gasteiger partial charge in [0.15, 0.2) is 5.82 Å². The van der Waals surface area contributed by atoms with Gasteiger partial charge in [-0.3, -0.25) is 4.57 Å². The maximum absolute atomic E-state index is 11.6. The molecular formula is C11H10BrClIN3O2S. The van der Waals surface area contributed by atoms with Crippen molar-refractivity contribution in [2.75, 3.05) is 0 Å². The fourth-order valence-corrected chi connectivity index (χ4v) is 3.69. The summed E-state index contributed by atoms with van der Waals surface area (Å²) >= 11 is 5.56. The number of aromatic nitrogens is 3. The minimum atomic E-state index is -3.94. The van der Waals surface area contributed by atoms with Crippen molar-refractivity contribution >= 4 is 58.3 Å². The number of benzene rings is 1. The number of halogens is 3. The molecule has 2 aromatic rings. The lowest BCUT2D eigenvalue weighted by atomic mass is 10.2. The van der Waals surface area contributed by atoms with E-state index in [0.717, 1.165) is 13.6 Å². The fraction of sp³-hybridized carbons (Fsp3) is 0.273. The molecule has 1 aromatic carbocycles. The number of rotatable bonds is 3. The predicted octanol–water partition coefficient (Wildman–Crippen LogP) is 3.82. The summed E-state index contributed by atoms with van der Waals surface area (Å²) in [5.41, 5.74) is 0.799. The second-order valence-corrected chi connectivity index (χ2v) is 8.87. The minimum Gasteiger partial charge on any atom is -0.294 e. The number of nitrogens with zero attached hydrogens (tertiary/aromatic N) is 3. The van der Waals surface area contributed by atoms with E-state index in [1.165, 1.54) is 4.57 Å². The van der Waals surface area contributed by atoms with Crippen molar-refractivity contribution in [1.82, 2.24) is 14.8 Å². The number of hydrogen-bond donors (Lipinski definition) is 0. The van der Waals surface area contributed by atoms with Crippen molar-refractivity contribution in [3.8, 4) is 11.4 Å². The van der Waals surface area contributed by atoms with Crippen LogP contribution in [0.25, 0.3) is 11.4 Å². The molecule has 20 heavy (non-hydrogen) atoms. The molecule has 0 saturated carbocycles. The van der Waals surface area contributed by atoms with Crippen LogP contribution in [0.5, 0.6) is 0 Å². The van der Waals surface area contributed by atoms with Gasteiger partial charge < -0.3 is 0 Å². The first-order valence-corrected chi connectivity index (χ1v) is 9.75. The van der Waals surface area contributed by atoms with E-state index in [1.807, 2.05) is 32.0 Å². The van der Waals surface area contributed by atoms with Gasteiger partial charge in [-0.1, -0.05) is 15.9 Å². The highest BCUT2D eigenvalue weighted by Crippen LogP contribution is 2.31. The summed E-state index contributed by atoms with van der Waals surface area (Å²) < 4.78 is 26.5. The van der Waals surface area contributed by atoms with Gasteiger partial charge >= 0.3 is 0 Å². The summed E-state index contributed by atoms with van der Waals surface area (Å²) in [5.74, 6) is 0.477. The van der Waals surface area contributed by atoms with Crippen molar-refractivity contribution in [3.05, 3.63) is 26.2 Å². The molecule has 2 rings (SSSR count). The summed E-state index contributed by atoms with van der Waals surface area (Å²) in [7, 11) is 1.48. The van der Waals surface area contributed by atoms with E-state index in [9.17, 15) is 8.42 Å². The van der Waals surface area contributed by atoms with Gasteiger partial charge in [-0.25, -0.2) is 8.42 Å². The van der Waals surface area contributed by atoms with Gasteiger partial charge in [-0.15, -0.1) is 10.2 Å². The number of hydrogen-bond acceptors (Lipinski definition) is 4. The van der Waals surface area contributed by atoms with Gasteiger partial charge in [0, 0.05) is 30.3 Å². The molecule has 9 heteroatoms. The zero-order valence-corrected chi connectivity index (χ0v) is 15.8. The average molecular weight is 491 g/mol. The van der Waals surface area contributed by atoms with Crippen LogP contribution >= 0.6 is 49.2 Å². The molecule has 5 nitrogen and oxygen atoms in total. The highest BCUT2D eigenvalue weighted by atomic mass is 127. The van der Waals surface area contributed by atoms with Crippen LogP contribution in [0.15, 0.2) is 27.8 Å². The van der Waals surface area contributed by atoms with E-state index in [1.54, 1.807) is 0 Å². The van der Waals surface area contributed by atoms with Crippen LogP contribution in [-0.2, 0) is 9.05 Å². The van der Waals surface area contributed by atoms with E-state index in [-0.39, 0.29) is 11.2 Å². The molecule has 0 aliphatic rings. The zero-order valence-electron chi connectivity index (χ0n) is 10.5. The van der Waals surface area contributed by atoms with Gasteiger partial charge in [0.2, 0.25) is 0 Å². The molecule has 0 saturated heterocycles. The average Bonchev–Trinajstić information content (AvgIpc) is 2.76. The lowest BCUT2D eigenvalue weighted by Crippen LogP contribution is -2.10. The van der Waals surface area contributed by atoms with Gasteiger partial charge in [-0.2, -0.15) is 0 Å². The molecule has 1 heterocycles. The molecule has 0 amide bonds. The predicted molar refractivity (Wildman–Crippen MR) is 89.3 cm³/mol. The molecule has 0 aliphatic carbocycles. The normalized spacial score (nSPS) is 12.1. The highest BCUT2D eigenvalue weighted by Gasteiger charge is 2.25. The Bertz CT molecular complexity index is 761. The Hall–Kier alpha value is -0.190. The molecule has 0 unspecified atom stereocenters. The van der Waals surface area contributed by atoms with Crippen LogP contribution in [0.1, 0.15) is 19.9 Å². The largest absolute Gasteiger partial charge is 0.296 e. The van der Waals surface area contributed by atoms with Crippen LogP contribution in [0.4, 0.5) is 0 Å². The third-order valence-electron chi connectivity index (χ3n) is 2.57. The molecule has 0 atom stereocenters. The minimum absolute atomic E-state index is 0.140. The first-order chi connectivity index (χ1) is 9.21. The van der Waals surface area contributed by atoms with Gasteiger partial charge in [0.1, 0.15) is 0 Å². The van der Waals surface area contributed by atoms with Crippen LogP contribution in [0.3, 0.4) is 0 Å². The Labute approximate surface area is 143 Å². The van der Waals surface area contributed by atoms with Gasteiger partial charge in [-0.05, 0) is 54.6 Å². The van der Waals surface area contributed by atoms with Crippen LogP contribution < -0.4 is 0 Å². The topological polar surface area (TPSA) is 64.8 Å². The molecule has 108 valence electrons. The van der Waals surface area contributed by atoms with Gasteiger partial charge in [0.25, 0.3) is 14.2 Å². The Morgan fingerprint density at radius 2 is 2.00 bits per heavy atom. The Morgan fingerprint density at radius 3 is 2.55 bits per heavy atom. The standard InChI is InChI=1S/C11H10BrClIN3O2S/c1-6(2)17-10(15-16-11(17)20(13,18)19)8-5-7(12)3-4-9(8)14/h3-6H,1-2H3. The van der Waals surface area contributed by atoms with Crippen molar-refractivity contribution in [2.45, 2.75) is 25.0 Å². The molecule has 0 bridgehead atoms. The Balaban J connectivity index is 2.76. The molecule has 0 aliphatic heterocycles. The second kappa shape index (κ2) is 5.90. The van der Waals surface area contributed by atoms with E-state index in [4.69, 9.17) is 10.7 Å². The molecule has 1 aromatic heterocycles. The SMILES string of the molecule is CC(C)n1c(-c2cc(Br)ccc2I)nnc1S(=O)(=O)Cl. The van der Waals surface area contributed by atoms with Crippen molar-refractivity contribution in [1.29, 1.82) is 0 Å². The maximum Gasteiger partial charge on any atom is 0.296 e. The highest BCUT2D eigenvalue weighted by molar-refractivity contribution is 14.1. The molecular weight excluding hydrogens is 480 g/mol.